The third kappa shape index (κ3) is 2.60. The highest BCUT2D eigenvalue weighted by Gasteiger charge is 2.06. The maximum atomic E-state index is 4.44. The van der Waals surface area contributed by atoms with Crippen LogP contribution in [0.1, 0.15) is 15.6 Å². The molecule has 102 valence electrons. The average Bonchev–Trinajstić information content (AvgIpc) is 2.77. The molecule has 0 atom stereocenters. The maximum Gasteiger partial charge on any atom is 0.164 e. The van der Waals surface area contributed by atoms with E-state index in [1.807, 2.05) is 19.1 Å². The Morgan fingerprint density at radius 3 is 2.90 bits per heavy atom. The Morgan fingerprint density at radius 2 is 2.10 bits per heavy atom. The van der Waals surface area contributed by atoms with Crippen LogP contribution >= 0.6 is 11.3 Å². The van der Waals surface area contributed by atoms with Crippen molar-refractivity contribution in [1.29, 1.82) is 0 Å². The molecule has 0 aliphatic heterocycles. The second-order valence-electron chi connectivity index (χ2n) is 4.52. The molecule has 3 rings (SSSR count). The Kier molecular flexibility index (Phi) is 3.56. The van der Waals surface area contributed by atoms with Crippen molar-refractivity contribution >= 4 is 28.2 Å². The van der Waals surface area contributed by atoms with Crippen LogP contribution in [0.5, 0.6) is 0 Å². The summed E-state index contributed by atoms with van der Waals surface area (Å²) in [5.74, 6) is 0.835. The van der Waals surface area contributed by atoms with E-state index in [-0.39, 0.29) is 0 Å². The van der Waals surface area contributed by atoms with Gasteiger partial charge in [-0.3, -0.25) is 0 Å². The number of thiazole rings is 1. The number of fused-ring (bicyclic) bond motifs is 1. The van der Waals surface area contributed by atoms with Crippen LogP contribution in [0, 0.1) is 13.8 Å². The Hall–Kier alpha value is -2.08. The zero-order chi connectivity index (χ0) is 13.9. The number of aromatic nitrogens is 4. The van der Waals surface area contributed by atoms with Crippen LogP contribution in [-0.2, 0) is 6.42 Å². The number of nitrogens with one attached hydrogen (secondary N) is 1. The number of anilines is 1. The summed E-state index contributed by atoms with van der Waals surface area (Å²) in [6.07, 6.45) is 4.23. The zero-order valence-electron chi connectivity index (χ0n) is 11.4. The van der Waals surface area contributed by atoms with Gasteiger partial charge >= 0.3 is 0 Å². The van der Waals surface area contributed by atoms with Crippen molar-refractivity contribution in [3.8, 4) is 0 Å². The minimum atomic E-state index is 0.717. The molecule has 3 aromatic heterocycles. The topological polar surface area (TPSA) is 63.6 Å². The van der Waals surface area contributed by atoms with Gasteiger partial charge in [0.1, 0.15) is 12.1 Å². The van der Waals surface area contributed by atoms with Crippen LogP contribution in [-0.4, -0.2) is 26.5 Å². The number of rotatable bonds is 4. The molecular weight excluding hydrogens is 270 g/mol. The molecule has 0 aliphatic carbocycles. The summed E-state index contributed by atoms with van der Waals surface area (Å²) in [6, 6.07) is 3.88. The fourth-order valence-corrected chi connectivity index (χ4v) is 3.07. The molecule has 0 aliphatic rings. The van der Waals surface area contributed by atoms with Crippen LogP contribution in [0.3, 0.4) is 0 Å². The van der Waals surface area contributed by atoms with E-state index in [9.17, 15) is 0 Å². The lowest BCUT2D eigenvalue weighted by Gasteiger charge is -2.07. The lowest BCUT2D eigenvalue weighted by molar-refractivity contribution is 1.00. The van der Waals surface area contributed by atoms with Crippen molar-refractivity contribution in [3.63, 3.8) is 0 Å². The molecule has 1 N–H and O–H groups in total. The van der Waals surface area contributed by atoms with Crippen molar-refractivity contribution in [1.82, 2.24) is 19.9 Å². The minimum Gasteiger partial charge on any atom is -0.369 e. The van der Waals surface area contributed by atoms with E-state index >= 15 is 0 Å². The highest BCUT2D eigenvalue weighted by Crippen LogP contribution is 2.19. The molecule has 0 saturated carbocycles. The van der Waals surface area contributed by atoms with Gasteiger partial charge in [0.2, 0.25) is 0 Å². The van der Waals surface area contributed by atoms with Crippen LogP contribution in [0.15, 0.2) is 24.7 Å². The van der Waals surface area contributed by atoms with E-state index in [0.29, 0.717) is 0 Å². The van der Waals surface area contributed by atoms with E-state index in [4.69, 9.17) is 0 Å². The van der Waals surface area contributed by atoms with E-state index in [2.05, 4.69) is 32.2 Å². The molecule has 3 aromatic rings. The summed E-state index contributed by atoms with van der Waals surface area (Å²) in [5.41, 5.74) is 1.85. The third-order valence-corrected chi connectivity index (χ3v) is 4.19. The molecule has 5 nitrogen and oxygen atoms in total. The fraction of sp³-hybridized carbons (Fsp3) is 0.286. The Bertz CT molecular complexity index is 732. The zero-order valence-corrected chi connectivity index (χ0v) is 12.2. The van der Waals surface area contributed by atoms with E-state index < -0.39 is 0 Å². The predicted octanol–water partition coefficient (Wildman–Crippen LogP) is 2.75. The lowest BCUT2D eigenvalue weighted by atomic mass is 10.3. The molecule has 0 unspecified atom stereocenters. The van der Waals surface area contributed by atoms with Gasteiger partial charge in [0, 0.05) is 24.0 Å². The number of hydrogen-bond donors (Lipinski definition) is 1. The third-order valence-electron chi connectivity index (χ3n) is 3.05. The molecule has 20 heavy (non-hydrogen) atoms. The summed E-state index contributed by atoms with van der Waals surface area (Å²) >= 11 is 1.76. The average molecular weight is 285 g/mol. The number of hydrogen-bond acceptors (Lipinski definition) is 6. The van der Waals surface area contributed by atoms with Gasteiger partial charge < -0.3 is 5.32 Å². The standard InChI is InChI=1S/C14H15N5S/c1-9-12(20-10(2)19-9)5-7-16-14-11-4-3-6-15-13(11)17-8-18-14/h3-4,6,8H,5,7H2,1-2H3,(H,15,16,17,18). The van der Waals surface area contributed by atoms with Gasteiger partial charge in [-0.1, -0.05) is 0 Å². The highest BCUT2D eigenvalue weighted by molar-refractivity contribution is 7.11. The van der Waals surface area contributed by atoms with Gasteiger partial charge in [-0.05, 0) is 26.0 Å². The summed E-state index contributed by atoms with van der Waals surface area (Å²) in [7, 11) is 0. The molecule has 6 heteroatoms. The summed E-state index contributed by atoms with van der Waals surface area (Å²) in [4.78, 5) is 18.4. The first-order valence-electron chi connectivity index (χ1n) is 6.46. The smallest absolute Gasteiger partial charge is 0.164 e. The predicted molar refractivity (Wildman–Crippen MR) is 81.1 cm³/mol. The Labute approximate surface area is 121 Å². The molecule has 0 bridgehead atoms. The first kappa shape index (κ1) is 12.9. The van der Waals surface area contributed by atoms with Crippen molar-refractivity contribution in [2.75, 3.05) is 11.9 Å². The molecular formula is C14H15N5S. The first-order chi connectivity index (χ1) is 9.74. The van der Waals surface area contributed by atoms with Gasteiger partial charge in [-0.15, -0.1) is 11.3 Å². The van der Waals surface area contributed by atoms with E-state index in [1.54, 1.807) is 23.9 Å². The second kappa shape index (κ2) is 5.50. The number of nitrogens with zero attached hydrogens (tertiary/aromatic N) is 4. The normalized spacial score (nSPS) is 10.9. The van der Waals surface area contributed by atoms with Crippen molar-refractivity contribution < 1.29 is 0 Å². The van der Waals surface area contributed by atoms with Crippen LogP contribution in [0.2, 0.25) is 0 Å². The van der Waals surface area contributed by atoms with Gasteiger partial charge in [-0.2, -0.15) is 0 Å². The minimum absolute atomic E-state index is 0.717. The van der Waals surface area contributed by atoms with Gasteiger partial charge in [0.15, 0.2) is 5.65 Å². The first-order valence-corrected chi connectivity index (χ1v) is 7.28. The number of pyridine rings is 1. The van der Waals surface area contributed by atoms with E-state index in [1.165, 1.54) is 4.88 Å². The largest absolute Gasteiger partial charge is 0.369 e. The quantitative estimate of drug-likeness (QED) is 0.798. The van der Waals surface area contributed by atoms with Gasteiger partial charge in [-0.25, -0.2) is 19.9 Å². The molecule has 0 saturated heterocycles. The molecule has 0 radical (unpaired) electrons. The fourth-order valence-electron chi connectivity index (χ4n) is 2.14. The van der Waals surface area contributed by atoms with Crippen LogP contribution < -0.4 is 5.32 Å². The van der Waals surface area contributed by atoms with Crippen molar-refractivity contribution in [3.05, 3.63) is 40.2 Å². The summed E-state index contributed by atoms with van der Waals surface area (Å²) in [6.45, 7) is 4.92. The summed E-state index contributed by atoms with van der Waals surface area (Å²) < 4.78 is 0. The molecule has 0 amide bonds. The molecule has 0 spiro atoms. The maximum absolute atomic E-state index is 4.44. The molecule has 3 heterocycles. The Morgan fingerprint density at radius 1 is 1.20 bits per heavy atom. The molecule has 0 fully saturated rings. The van der Waals surface area contributed by atoms with E-state index in [0.717, 1.165) is 40.5 Å². The SMILES string of the molecule is Cc1nc(C)c(CCNc2ncnc3ncccc23)s1. The van der Waals surface area contributed by atoms with Crippen molar-refractivity contribution in [2.24, 2.45) is 0 Å². The van der Waals surface area contributed by atoms with Gasteiger partial charge in [0.05, 0.1) is 16.1 Å². The van der Waals surface area contributed by atoms with Gasteiger partial charge in [0.25, 0.3) is 0 Å². The van der Waals surface area contributed by atoms with Crippen LogP contribution in [0.4, 0.5) is 5.82 Å². The second-order valence-corrected chi connectivity index (χ2v) is 5.80. The number of aryl methyl sites for hydroxylation is 2. The lowest BCUT2D eigenvalue weighted by Crippen LogP contribution is -2.07. The highest BCUT2D eigenvalue weighted by atomic mass is 32.1. The van der Waals surface area contributed by atoms with Crippen LogP contribution in [0.25, 0.3) is 11.0 Å². The monoisotopic (exact) mass is 285 g/mol. The van der Waals surface area contributed by atoms with Crippen molar-refractivity contribution in [2.45, 2.75) is 20.3 Å². The Balaban J connectivity index is 1.73. The summed E-state index contributed by atoms with van der Waals surface area (Å²) in [5, 5.41) is 5.43. The molecule has 0 aromatic carbocycles.